The Balaban J connectivity index is 0.00000154. The van der Waals surface area contributed by atoms with Gasteiger partial charge in [-0.05, 0) is 39.9 Å². The molecule has 19 heavy (non-hydrogen) atoms. The van der Waals surface area contributed by atoms with Gasteiger partial charge in [-0.1, -0.05) is 46.5 Å². The number of unbranched alkanes of at least 4 members (excludes halogenated alkanes) is 4. The van der Waals surface area contributed by atoms with E-state index in [-0.39, 0.29) is 0 Å². The van der Waals surface area contributed by atoms with E-state index in [4.69, 9.17) is 0 Å². The second kappa shape index (κ2) is 12.9. The fourth-order valence-corrected chi connectivity index (χ4v) is 2.68. The van der Waals surface area contributed by atoms with Crippen molar-refractivity contribution in [3.05, 3.63) is 0 Å². The van der Waals surface area contributed by atoms with Crippen LogP contribution < -0.4 is 5.43 Å². The molecule has 0 aromatic heterocycles. The average molecular weight is 271 g/mol. The van der Waals surface area contributed by atoms with Gasteiger partial charge in [-0.25, -0.2) is 5.01 Å². The fraction of sp³-hybridized carbons (Fsp3) is 1.00. The lowest BCUT2D eigenvalue weighted by Gasteiger charge is -2.36. The molecule has 0 aromatic rings. The molecule has 0 aromatic carbocycles. The van der Waals surface area contributed by atoms with Gasteiger partial charge in [0.15, 0.2) is 0 Å². The van der Waals surface area contributed by atoms with Crippen molar-refractivity contribution in [2.45, 2.75) is 71.8 Å². The van der Waals surface area contributed by atoms with Gasteiger partial charge in [-0.2, -0.15) is 0 Å². The van der Waals surface area contributed by atoms with E-state index in [1.807, 2.05) is 20.9 Å². The summed E-state index contributed by atoms with van der Waals surface area (Å²) < 4.78 is 0. The lowest BCUT2D eigenvalue weighted by atomic mass is 10.0. The molecule has 0 atom stereocenters. The zero-order chi connectivity index (χ0) is 14.5. The zero-order valence-electron chi connectivity index (χ0n) is 14.0. The van der Waals surface area contributed by atoms with Crippen LogP contribution in [0.5, 0.6) is 0 Å². The van der Waals surface area contributed by atoms with Crippen molar-refractivity contribution in [2.24, 2.45) is 0 Å². The highest BCUT2D eigenvalue weighted by Crippen LogP contribution is 2.14. The summed E-state index contributed by atoms with van der Waals surface area (Å²) in [7, 11) is 4.33. The summed E-state index contributed by atoms with van der Waals surface area (Å²) >= 11 is 0. The van der Waals surface area contributed by atoms with Crippen LogP contribution in [-0.4, -0.2) is 49.7 Å². The predicted molar refractivity (Wildman–Crippen MR) is 86.4 cm³/mol. The van der Waals surface area contributed by atoms with Crippen LogP contribution in [0.2, 0.25) is 0 Å². The van der Waals surface area contributed by atoms with Crippen LogP contribution in [0.15, 0.2) is 0 Å². The Hall–Kier alpha value is -0.120. The topological polar surface area (TPSA) is 18.5 Å². The Bertz CT molecular complexity index is 177. The first-order valence-corrected chi connectivity index (χ1v) is 8.40. The van der Waals surface area contributed by atoms with Crippen LogP contribution in [0.1, 0.15) is 65.7 Å². The zero-order valence-corrected chi connectivity index (χ0v) is 14.0. The highest BCUT2D eigenvalue weighted by Gasteiger charge is 2.20. The Labute approximate surface area is 121 Å². The van der Waals surface area contributed by atoms with E-state index < -0.39 is 0 Å². The second-order valence-corrected chi connectivity index (χ2v) is 5.34. The molecule has 0 amide bonds. The van der Waals surface area contributed by atoms with E-state index in [9.17, 15) is 0 Å². The number of rotatable bonds is 8. The number of nitrogens with zero attached hydrogens (tertiary/aromatic N) is 2. The number of hydrogen-bond donors (Lipinski definition) is 1. The van der Waals surface area contributed by atoms with E-state index in [0.717, 1.165) is 6.04 Å². The lowest BCUT2D eigenvalue weighted by molar-refractivity contribution is 0.0985. The van der Waals surface area contributed by atoms with Gasteiger partial charge in [-0.3, -0.25) is 5.43 Å². The summed E-state index contributed by atoms with van der Waals surface area (Å²) in [5, 5.41) is 2.32. The minimum absolute atomic E-state index is 0.811. The van der Waals surface area contributed by atoms with Crippen LogP contribution in [0.4, 0.5) is 0 Å². The van der Waals surface area contributed by atoms with Crippen molar-refractivity contribution in [3.8, 4) is 0 Å². The quantitative estimate of drug-likeness (QED) is 0.682. The van der Waals surface area contributed by atoms with Gasteiger partial charge in [0.2, 0.25) is 0 Å². The van der Waals surface area contributed by atoms with Crippen LogP contribution in [0, 0.1) is 0 Å². The number of nitrogens with one attached hydrogen (secondary N) is 1. The molecule has 0 aliphatic carbocycles. The molecule has 0 bridgehead atoms. The van der Waals surface area contributed by atoms with Gasteiger partial charge in [0.25, 0.3) is 0 Å². The number of piperidine rings is 1. The Kier molecular flexibility index (Phi) is 12.8. The van der Waals surface area contributed by atoms with E-state index in [1.54, 1.807) is 0 Å². The first-order valence-electron chi connectivity index (χ1n) is 8.40. The molecule has 1 heterocycles. The molecule has 0 saturated carbocycles. The lowest BCUT2D eigenvalue weighted by Crippen LogP contribution is -2.47. The molecular weight excluding hydrogens is 234 g/mol. The molecule has 3 nitrogen and oxygen atoms in total. The van der Waals surface area contributed by atoms with Crippen LogP contribution in [0.25, 0.3) is 0 Å². The third-order valence-corrected chi connectivity index (χ3v) is 4.02. The highest BCUT2D eigenvalue weighted by atomic mass is 15.5. The molecule has 1 aliphatic rings. The summed E-state index contributed by atoms with van der Waals surface area (Å²) in [5.41, 5.74) is 3.24. The number of hydrogen-bond acceptors (Lipinski definition) is 3. The summed E-state index contributed by atoms with van der Waals surface area (Å²) in [5.74, 6) is 0. The van der Waals surface area contributed by atoms with Gasteiger partial charge in [-0.15, -0.1) is 0 Å². The third-order valence-electron chi connectivity index (χ3n) is 4.02. The van der Waals surface area contributed by atoms with Gasteiger partial charge in [0, 0.05) is 19.1 Å². The maximum atomic E-state index is 3.24. The predicted octanol–water partition coefficient (Wildman–Crippen LogP) is 3.51. The summed E-state index contributed by atoms with van der Waals surface area (Å²) in [6.07, 6.45) is 9.58. The van der Waals surface area contributed by atoms with Crippen LogP contribution >= 0.6 is 0 Å². The molecular formula is C16H37N3. The maximum Gasteiger partial charge on any atom is 0.0145 e. The first kappa shape index (κ1) is 18.9. The molecule has 1 N–H and O–H groups in total. The van der Waals surface area contributed by atoms with Crippen LogP contribution in [-0.2, 0) is 0 Å². The molecule has 0 unspecified atom stereocenters. The largest absolute Gasteiger partial charge is 0.303 e. The molecule has 0 spiro atoms. The van der Waals surface area contributed by atoms with Gasteiger partial charge < -0.3 is 4.90 Å². The van der Waals surface area contributed by atoms with Crippen molar-refractivity contribution in [1.29, 1.82) is 0 Å². The third kappa shape index (κ3) is 8.61. The second-order valence-electron chi connectivity index (χ2n) is 5.34. The Morgan fingerprint density at radius 3 is 2.16 bits per heavy atom. The first-order chi connectivity index (χ1) is 9.27. The molecule has 1 rings (SSSR count). The highest BCUT2D eigenvalue weighted by molar-refractivity contribution is 4.76. The molecule has 1 fully saturated rings. The average Bonchev–Trinajstić information content (AvgIpc) is 2.49. The minimum Gasteiger partial charge on any atom is -0.303 e. The van der Waals surface area contributed by atoms with E-state index in [1.165, 1.54) is 64.6 Å². The molecule has 0 radical (unpaired) electrons. The maximum absolute atomic E-state index is 3.24. The molecule has 116 valence electrons. The Morgan fingerprint density at radius 2 is 1.63 bits per heavy atom. The molecule has 1 aliphatic heterocycles. The smallest absolute Gasteiger partial charge is 0.0145 e. The van der Waals surface area contributed by atoms with Gasteiger partial charge >= 0.3 is 0 Å². The van der Waals surface area contributed by atoms with Crippen molar-refractivity contribution >= 4 is 0 Å². The summed E-state index contributed by atoms with van der Waals surface area (Å²) in [6, 6.07) is 0.811. The van der Waals surface area contributed by atoms with Crippen LogP contribution in [0.3, 0.4) is 0 Å². The summed E-state index contributed by atoms with van der Waals surface area (Å²) in [6.45, 7) is 9.96. The van der Waals surface area contributed by atoms with Gasteiger partial charge in [0.05, 0.1) is 0 Å². The van der Waals surface area contributed by atoms with Gasteiger partial charge in [0.1, 0.15) is 0 Å². The SMILES string of the molecule is CC.CCCCCCCN(C)C1CCN(NC)CC1. The van der Waals surface area contributed by atoms with Crippen molar-refractivity contribution < 1.29 is 0 Å². The van der Waals surface area contributed by atoms with Crippen molar-refractivity contribution in [1.82, 2.24) is 15.3 Å². The summed E-state index contributed by atoms with van der Waals surface area (Å²) in [4.78, 5) is 2.58. The Morgan fingerprint density at radius 1 is 1.05 bits per heavy atom. The molecule has 1 saturated heterocycles. The number of hydrazine groups is 1. The van der Waals surface area contributed by atoms with E-state index in [0.29, 0.717) is 0 Å². The van der Waals surface area contributed by atoms with Crippen molar-refractivity contribution in [3.63, 3.8) is 0 Å². The van der Waals surface area contributed by atoms with E-state index in [2.05, 4.69) is 29.3 Å². The van der Waals surface area contributed by atoms with E-state index >= 15 is 0 Å². The standard InChI is InChI=1S/C14H31N3.C2H6/c1-4-5-6-7-8-11-16(3)14-9-12-17(15-2)13-10-14;1-2/h14-15H,4-13H2,1-3H3;1-2H3. The molecule has 3 heteroatoms. The normalized spacial score (nSPS) is 17.4. The fourth-order valence-electron chi connectivity index (χ4n) is 2.68. The monoisotopic (exact) mass is 271 g/mol. The minimum atomic E-state index is 0.811. The van der Waals surface area contributed by atoms with Crippen molar-refractivity contribution in [2.75, 3.05) is 33.7 Å².